The monoisotopic (exact) mass is 339 g/mol. The Balaban J connectivity index is 2.03. The molecule has 1 atom stereocenters. The molecule has 0 spiro atoms. The molecular formula is C12H15Cl2NO4S. The summed E-state index contributed by atoms with van der Waals surface area (Å²) in [5, 5.41) is 5.18. The minimum atomic E-state index is -3.90. The lowest BCUT2D eigenvalue weighted by Gasteiger charge is -2.13. The quantitative estimate of drug-likeness (QED) is 0.894. The van der Waals surface area contributed by atoms with Crippen LogP contribution in [-0.2, 0) is 14.8 Å². The van der Waals surface area contributed by atoms with Crippen molar-refractivity contribution < 1.29 is 17.9 Å². The van der Waals surface area contributed by atoms with Crippen molar-refractivity contribution in [1.82, 2.24) is 0 Å². The third-order valence-electron chi connectivity index (χ3n) is 3.01. The van der Waals surface area contributed by atoms with E-state index in [0.29, 0.717) is 12.4 Å². The molecule has 20 heavy (non-hydrogen) atoms. The van der Waals surface area contributed by atoms with Crippen LogP contribution in [0.15, 0.2) is 17.0 Å². The van der Waals surface area contributed by atoms with E-state index in [2.05, 4.69) is 0 Å². The van der Waals surface area contributed by atoms with Gasteiger partial charge in [0.25, 0.3) is 0 Å². The summed E-state index contributed by atoms with van der Waals surface area (Å²) in [5.74, 6) is 0.335. The van der Waals surface area contributed by atoms with Crippen molar-refractivity contribution >= 4 is 33.2 Å². The van der Waals surface area contributed by atoms with Crippen LogP contribution in [-0.4, -0.2) is 27.7 Å². The summed E-state index contributed by atoms with van der Waals surface area (Å²) in [4.78, 5) is -0.212. The second-order valence-corrected chi connectivity index (χ2v) is 6.87. The van der Waals surface area contributed by atoms with Gasteiger partial charge in [0.05, 0.1) is 22.8 Å². The average molecular weight is 340 g/mol. The molecule has 0 aliphatic carbocycles. The topological polar surface area (TPSA) is 78.6 Å². The molecular weight excluding hydrogens is 325 g/mol. The Morgan fingerprint density at radius 1 is 1.35 bits per heavy atom. The fourth-order valence-corrected chi connectivity index (χ4v) is 3.38. The van der Waals surface area contributed by atoms with Gasteiger partial charge >= 0.3 is 0 Å². The van der Waals surface area contributed by atoms with E-state index in [0.717, 1.165) is 25.9 Å². The maximum atomic E-state index is 11.3. The first-order valence-corrected chi connectivity index (χ1v) is 8.44. The Hall–Kier alpha value is -0.530. The van der Waals surface area contributed by atoms with Crippen LogP contribution >= 0.6 is 23.2 Å². The van der Waals surface area contributed by atoms with Crippen molar-refractivity contribution in [3.63, 3.8) is 0 Å². The number of rotatable bonds is 5. The van der Waals surface area contributed by atoms with Crippen LogP contribution in [0.2, 0.25) is 10.0 Å². The first kappa shape index (κ1) is 15.9. The summed E-state index contributed by atoms with van der Waals surface area (Å²) in [5.41, 5.74) is 0. The number of sulfonamides is 1. The molecule has 112 valence electrons. The van der Waals surface area contributed by atoms with Crippen molar-refractivity contribution in [3.05, 3.63) is 22.2 Å². The third-order valence-corrected chi connectivity index (χ3v) is 4.69. The third kappa shape index (κ3) is 3.99. The number of benzene rings is 1. The average Bonchev–Trinajstić information content (AvgIpc) is 2.84. The molecule has 5 nitrogen and oxygen atoms in total. The van der Waals surface area contributed by atoms with Crippen LogP contribution in [0.1, 0.15) is 19.3 Å². The Bertz CT molecular complexity index is 585. The highest BCUT2D eigenvalue weighted by Gasteiger charge is 2.18. The van der Waals surface area contributed by atoms with Crippen LogP contribution in [0.25, 0.3) is 0 Å². The predicted octanol–water partition coefficient (Wildman–Crippen LogP) is 2.59. The Morgan fingerprint density at radius 2 is 2.10 bits per heavy atom. The summed E-state index contributed by atoms with van der Waals surface area (Å²) < 4.78 is 33.6. The lowest BCUT2D eigenvalue weighted by molar-refractivity contribution is 0.0903. The molecule has 0 amide bonds. The van der Waals surface area contributed by atoms with Crippen molar-refractivity contribution in [2.24, 2.45) is 5.14 Å². The summed E-state index contributed by atoms with van der Waals surface area (Å²) >= 11 is 11.8. The van der Waals surface area contributed by atoms with Crippen LogP contribution in [0.5, 0.6) is 5.75 Å². The number of ether oxygens (including phenoxy) is 2. The van der Waals surface area contributed by atoms with E-state index in [1.807, 2.05) is 0 Å². The van der Waals surface area contributed by atoms with Crippen molar-refractivity contribution in [1.29, 1.82) is 0 Å². The molecule has 0 bridgehead atoms. The van der Waals surface area contributed by atoms with Crippen molar-refractivity contribution in [2.45, 2.75) is 30.3 Å². The van der Waals surface area contributed by atoms with Gasteiger partial charge in [0, 0.05) is 19.1 Å². The highest BCUT2D eigenvalue weighted by molar-refractivity contribution is 7.89. The van der Waals surface area contributed by atoms with E-state index in [9.17, 15) is 8.42 Å². The summed E-state index contributed by atoms with van der Waals surface area (Å²) in [7, 11) is -3.90. The van der Waals surface area contributed by atoms with Gasteiger partial charge in [0.1, 0.15) is 10.6 Å². The van der Waals surface area contributed by atoms with E-state index in [1.54, 1.807) is 0 Å². The molecule has 1 saturated heterocycles. The molecule has 1 fully saturated rings. The van der Waals surface area contributed by atoms with E-state index < -0.39 is 10.0 Å². The standard InChI is InChI=1S/C12H15Cl2NO4S/c13-9-7-12(20(15,16)17)10(14)6-11(9)19-5-3-8-2-1-4-18-8/h6-8H,1-5H2,(H2,15,16,17). The van der Waals surface area contributed by atoms with Crippen LogP contribution in [0, 0.1) is 0 Å². The van der Waals surface area contributed by atoms with E-state index in [-0.39, 0.29) is 21.0 Å². The van der Waals surface area contributed by atoms with E-state index in [1.165, 1.54) is 12.1 Å². The number of hydrogen-bond donors (Lipinski definition) is 1. The molecule has 0 aromatic heterocycles. The number of halogens is 2. The molecule has 8 heteroatoms. The van der Waals surface area contributed by atoms with E-state index in [4.69, 9.17) is 37.8 Å². The minimum Gasteiger partial charge on any atom is -0.492 e. The number of hydrogen-bond acceptors (Lipinski definition) is 4. The first-order chi connectivity index (χ1) is 9.38. The van der Waals surface area contributed by atoms with Crippen molar-refractivity contribution in [2.75, 3.05) is 13.2 Å². The van der Waals surface area contributed by atoms with Crippen LogP contribution < -0.4 is 9.88 Å². The lowest BCUT2D eigenvalue weighted by Crippen LogP contribution is -2.13. The molecule has 0 saturated carbocycles. The Labute approximate surface area is 128 Å². The van der Waals surface area contributed by atoms with Gasteiger partial charge in [0.2, 0.25) is 10.0 Å². The maximum absolute atomic E-state index is 11.3. The fraction of sp³-hybridized carbons (Fsp3) is 0.500. The molecule has 0 radical (unpaired) electrons. The SMILES string of the molecule is NS(=O)(=O)c1cc(Cl)c(OCCC2CCCO2)cc1Cl. The Kier molecular flexibility index (Phi) is 5.14. The molecule has 1 aliphatic heterocycles. The van der Waals surface area contributed by atoms with Gasteiger partial charge in [0.15, 0.2) is 0 Å². The zero-order chi connectivity index (χ0) is 14.8. The van der Waals surface area contributed by atoms with Gasteiger partial charge in [-0.1, -0.05) is 23.2 Å². The van der Waals surface area contributed by atoms with Crippen LogP contribution in [0.4, 0.5) is 0 Å². The number of primary sulfonamides is 1. The normalized spacial score (nSPS) is 19.2. The highest BCUT2D eigenvalue weighted by atomic mass is 35.5. The fourth-order valence-electron chi connectivity index (χ4n) is 2.01. The molecule has 1 aromatic carbocycles. The number of nitrogens with two attached hydrogens (primary N) is 1. The zero-order valence-corrected chi connectivity index (χ0v) is 13.0. The van der Waals surface area contributed by atoms with Gasteiger partial charge in [-0.05, 0) is 18.9 Å². The summed E-state index contributed by atoms with van der Waals surface area (Å²) in [6, 6.07) is 2.56. The van der Waals surface area contributed by atoms with Crippen LogP contribution in [0.3, 0.4) is 0 Å². The zero-order valence-electron chi connectivity index (χ0n) is 10.6. The predicted molar refractivity (Wildman–Crippen MR) is 76.9 cm³/mol. The minimum absolute atomic E-state index is 0.0102. The van der Waals surface area contributed by atoms with Gasteiger partial charge in [-0.25, -0.2) is 13.6 Å². The largest absolute Gasteiger partial charge is 0.492 e. The molecule has 1 unspecified atom stereocenters. The first-order valence-electron chi connectivity index (χ1n) is 6.14. The molecule has 1 heterocycles. The van der Waals surface area contributed by atoms with Gasteiger partial charge < -0.3 is 9.47 Å². The second kappa shape index (κ2) is 6.49. The highest BCUT2D eigenvalue weighted by Crippen LogP contribution is 2.33. The smallest absolute Gasteiger partial charge is 0.239 e. The molecule has 2 N–H and O–H groups in total. The maximum Gasteiger partial charge on any atom is 0.239 e. The molecule has 2 rings (SSSR count). The van der Waals surface area contributed by atoms with Gasteiger partial charge in [-0.15, -0.1) is 0 Å². The molecule has 1 aliphatic rings. The lowest BCUT2D eigenvalue weighted by atomic mass is 10.2. The summed E-state index contributed by atoms with van der Waals surface area (Å²) in [6.45, 7) is 1.22. The van der Waals surface area contributed by atoms with Gasteiger partial charge in [-0.3, -0.25) is 0 Å². The second-order valence-electron chi connectivity index (χ2n) is 4.53. The summed E-state index contributed by atoms with van der Waals surface area (Å²) in [6.07, 6.45) is 3.07. The van der Waals surface area contributed by atoms with Crippen molar-refractivity contribution in [3.8, 4) is 5.75 Å². The van der Waals surface area contributed by atoms with E-state index >= 15 is 0 Å². The van der Waals surface area contributed by atoms with Gasteiger partial charge in [-0.2, -0.15) is 0 Å². The Morgan fingerprint density at radius 3 is 2.70 bits per heavy atom. The molecule has 1 aromatic rings.